The highest BCUT2D eigenvalue weighted by molar-refractivity contribution is 6.37. The molecular weight excluding hydrogens is 295 g/mol. The lowest BCUT2D eigenvalue weighted by Crippen LogP contribution is -2.12. The monoisotopic (exact) mass is 308 g/mol. The summed E-state index contributed by atoms with van der Waals surface area (Å²) in [6, 6.07) is 10.5. The van der Waals surface area contributed by atoms with Gasteiger partial charge in [-0.1, -0.05) is 42.3 Å². The molecule has 2 rings (SSSR count). The molecule has 0 spiro atoms. The van der Waals surface area contributed by atoms with E-state index < -0.39 is 0 Å². The van der Waals surface area contributed by atoms with Crippen LogP contribution in [0.2, 0.25) is 10.0 Å². The number of hydrogen-bond acceptors (Lipinski definition) is 2. The minimum Gasteiger partial charge on any atom is -0.397 e. The molecule has 3 N–H and O–H groups in total. The molecule has 0 fully saturated rings. The highest BCUT2D eigenvalue weighted by Crippen LogP contribution is 2.31. The number of nitrogens with two attached hydrogens (primary N) is 1. The molecule has 0 unspecified atom stereocenters. The second-order valence-corrected chi connectivity index (χ2v) is 5.17. The molecule has 0 atom stereocenters. The predicted octanol–water partition coefficient (Wildman–Crippen LogP) is 4.39. The van der Waals surface area contributed by atoms with Gasteiger partial charge in [0.2, 0.25) is 0 Å². The number of amides is 1. The van der Waals surface area contributed by atoms with E-state index in [2.05, 4.69) is 12.2 Å². The Morgan fingerprint density at radius 1 is 1.15 bits per heavy atom. The molecule has 0 saturated heterocycles. The Hall–Kier alpha value is -1.71. The maximum absolute atomic E-state index is 12.1. The Balaban J connectivity index is 2.20. The fourth-order valence-electron chi connectivity index (χ4n) is 1.74. The molecule has 2 aromatic carbocycles. The Morgan fingerprint density at radius 2 is 1.80 bits per heavy atom. The number of nitrogen functional groups attached to an aromatic ring is 1. The summed E-state index contributed by atoms with van der Waals surface area (Å²) in [5.74, 6) is -0.240. The van der Waals surface area contributed by atoms with Crippen molar-refractivity contribution in [3.8, 4) is 0 Å². The van der Waals surface area contributed by atoms with Gasteiger partial charge in [0, 0.05) is 5.56 Å². The topological polar surface area (TPSA) is 55.1 Å². The molecule has 0 bridgehead atoms. The lowest BCUT2D eigenvalue weighted by molar-refractivity contribution is 0.102. The Kier molecular flexibility index (Phi) is 4.53. The normalized spacial score (nSPS) is 10.3. The van der Waals surface area contributed by atoms with Crippen LogP contribution in [0.5, 0.6) is 0 Å². The molecule has 0 aromatic heterocycles. The molecule has 3 nitrogen and oxygen atoms in total. The third-order valence-electron chi connectivity index (χ3n) is 2.96. The van der Waals surface area contributed by atoms with Crippen LogP contribution in [-0.4, -0.2) is 5.91 Å². The number of benzene rings is 2. The fraction of sp³-hybridized carbons (Fsp3) is 0.133. The van der Waals surface area contributed by atoms with E-state index in [0.29, 0.717) is 27.0 Å². The molecule has 0 heterocycles. The van der Waals surface area contributed by atoms with E-state index in [1.54, 1.807) is 12.1 Å². The van der Waals surface area contributed by atoms with Gasteiger partial charge in [-0.3, -0.25) is 4.79 Å². The number of hydrogen-bond donors (Lipinski definition) is 2. The van der Waals surface area contributed by atoms with Crippen molar-refractivity contribution in [1.82, 2.24) is 0 Å². The van der Waals surface area contributed by atoms with Crippen LogP contribution in [0.15, 0.2) is 36.4 Å². The number of rotatable bonds is 3. The Labute approximate surface area is 127 Å². The van der Waals surface area contributed by atoms with Crippen LogP contribution in [0, 0.1) is 0 Å². The zero-order valence-electron chi connectivity index (χ0n) is 10.9. The van der Waals surface area contributed by atoms with Gasteiger partial charge < -0.3 is 11.1 Å². The van der Waals surface area contributed by atoms with E-state index in [1.165, 1.54) is 17.7 Å². The molecule has 0 aliphatic heterocycles. The first-order chi connectivity index (χ1) is 9.51. The van der Waals surface area contributed by atoms with Gasteiger partial charge in [0.15, 0.2) is 0 Å². The predicted molar refractivity (Wildman–Crippen MR) is 84.6 cm³/mol. The lowest BCUT2D eigenvalue weighted by atomic mass is 10.1. The van der Waals surface area contributed by atoms with E-state index >= 15 is 0 Å². The molecular formula is C15H14Cl2N2O. The van der Waals surface area contributed by atoms with E-state index in [0.717, 1.165) is 6.42 Å². The van der Waals surface area contributed by atoms with Gasteiger partial charge in [-0.05, 0) is 36.2 Å². The van der Waals surface area contributed by atoms with Gasteiger partial charge in [0.05, 0.1) is 21.4 Å². The Bertz CT molecular complexity index is 639. The molecule has 1 amide bonds. The fourth-order valence-corrected chi connectivity index (χ4v) is 2.13. The van der Waals surface area contributed by atoms with Crippen LogP contribution in [0.25, 0.3) is 0 Å². The summed E-state index contributed by atoms with van der Waals surface area (Å²) in [4.78, 5) is 12.1. The molecule has 0 saturated carbocycles. The van der Waals surface area contributed by atoms with Crippen molar-refractivity contribution in [3.05, 3.63) is 57.6 Å². The van der Waals surface area contributed by atoms with Gasteiger partial charge in [0.25, 0.3) is 5.91 Å². The molecule has 2 aromatic rings. The number of carbonyl (C=O) groups excluding carboxylic acids is 1. The van der Waals surface area contributed by atoms with Crippen molar-refractivity contribution in [2.24, 2.45) is 0 Å². The van der Waals surface area contributed by atoms with Crippen LogP contribution in [0.4, 0.5) is 11.4 Å². The quantitative estimate of drug-likeness (QED) is 0.826. The van der Waals surface area contributed by atoms with Crippen LogP contribution in [0.1, 0.15) is 22.8 Å². The Morgan fingerprint density at radius 3 is 2.40 bits per heavy atom. The smallest absolute Gasteiger partial charge is 0.255 e. The minimum absolute atomic E-state index is 0.240. The number of halogens is 2. The molecule has 104 valence electrons. The molecule has 0 aliphatic carbocycles. The number of aryl methyl sites for hydroxylation is 1. The average molecular weight is 309 g/mol. The van der Waals surface area contributed by atoms with Crippen LogP contribution >= 0.6 is 23.2 Å². The van der Waals surface area contributed by atoms with E-state index in [4.69, 9.17) is 28.9 Å². The summed E-state index contributed by atoms with van der Waals surface area (Å²) >= 11 is 11.9. The third-order valence-corrected chi connectivity index (χ3v) is 3.60. The van der Waals surface area contributed by atoms with Crippen molar-refractivity contribution in [2.75, 3.05) is 11.1 Å². The first-order valence-corrected chi connectivity index (χ1v) is 6.91. The van der Waals surface area contributed by atoms with Crippen molar-refractivity contribution < 1.29 is 4.79 Å². The third kappa shape index (κ3) is 3.24. The second kappa shape index (κ2) is 6.16. The molecule has 5 heteroatoms. The van der Waals surface area contributed by atoms with Gasteiger partial charge in [-0.25, -0.2) is 0 Å². The molecule has 0 aliphatic rings. The largest absolute Gasteiger partial charge is 0.397 e. The summed E-state index contributed by atoms with van der Waals surface area (Å²) in [7, 11) is 0. The second-order valence-electron chi connectivity index (χ2n) is 4.36. The van der Waals surface area contributed by atoms with Crippen LogP contribution in [-0.2, 0) is 6.42 Å². The van der Waals surface area contributed by atoms with E-state index in [9.17, 15) is 4.79 Å². The summed E-state index contributed by atoms with van der Waals surface area (Å²) < 4.78 is 0. The van der Waals surface area contributed by atoms with Crippen molar-refractivity contribution in [2.45, 2.75) is 13.3 Å². The zero-order chi connectivity index (χ0) is 14.7. The average Bonchev–Trinajstić information content (AvgIpc) is 2.44. The summed E-state index contributed by atoms with van der Waals surface area (Å²) in [5.41, 5.74) is 8.19. The van der Waals surface area contributed by atoms with Gasteiger partial charge in [-0.15, -0.1) is 0 Å². The van der Waals surface area contributed by atoms with Crippen LogP contribution in [0.3, 0.4) is 0 Å². The van der Waals surface area contributed by atoms with E-state index in [-0.39, 0.29) is 5.91 Å². The number of anilines is 2. The van der Waals surface area contributed by atoms with Gasteiger partial charge in [0.1, 0.15) is 0 Å². The van der Waals surface area contributed by atoms with Crippen molar-refractivity contribution in [3.63, 3.8) is 0 Å². The number of nitrogens with one attached hydrogen (secondary N) is 1. The standard InChI is InChI=1S/C15H14Cl2N2O/c1-2-9-3-5-10(6-4-9)15(20)19-14-8-11(16)13(18)7-12(14)17/h3-8H,2,18H2,1H3,(H,19,20). The maximum atomic E-state index is 12.1. The van der Waals surface area contributed by atoms with Gasteiger partial charge in [-0.2, -0.15) is 0 Å². The number of carbonyl (C=O) groups is 1. The lowest BCUT2D eigenvalue weighted by Gasteiger charge is -2.09. The molecule has 20 heavy (non-hydrogen) atoms. The van der Waals surface area contributed by atoms with Gasteiger partial charge >= 0.3 is 0 Å². The zero-order valence-corrected chi connectivity index (χ0v) is 12.4. The highest BCUT2D eigenvalue weighted by Gasteiger charge is 2.10. The van der Waals surface area contributed by atoms with Crippen molar-refractivity contribution in [1.29, 1.82) is 0 Å². The first kappa shape index (κ1) is 14.7. The highest BCUT2D eigenvalue weighted by atomic mass is 35.5. The minimum atomic E-state index is -0.240. The van der Waals surface area contributed by atoms with Crippen LogP contribution < -0.4 is 11.1 Å². The summed E-state index contributed by atoms with van der Waals surface area (Å²) in [6.07, 6.45) is 0.932. The summed E-state index contributed by atoms with van der Waals surface area (Å²) in [5, 5.41) is 3.43. The maximum Gasteiger partial charge on any atom is 0.255 e. The van der Waals surface area contributed by atoms with E-state index in [1.807, 2.05) is 12.1 Å². The summed E-state index contributed by atoms with van der Waals surface area (Å²) in [6.45, 7) is 2.06. The van der Waals surface area contributed by atoms with Crippen molar-refractivity contribution >= 4 is 40.5 Å². The SMILES string of the molecule is CCc1ccc(C(=O)Nc2cc(Cl)c(N)cc2Cl)cc1. The first-order valence-electron chi connectivity index (χ1n) is 6.16. The molecule has 0 radical (unpaired) electrons.